The summed E-state index contributed by atoms with van der Waals surface area (Å²) in [5.41, 5.74) is 0.905. The molecule has 0 radical (unpaired) electrons. The number of thioether (sulfide) groups is 1. The zero-order valence-electron chi connectivity index (χ0n) is 8.52. The Kier molecular flexibility index (Phi) is 4.09. The molecule has 0 saturated carbocycles. The Hall–Kier alpha value is -0.710. The first-order valence-electron chi connectivity index (χ1n) is 4.84. The third-order valence-corrected chi connectivity index (χ3v) is 3.91. The van der Waals surface area contributed by atoms with Crippen LogP contribution in [-0.4, -0.2) is 5.11 Å². The number of furan rings is 1. The van der Waals surface area contributed by atoms with Crippen LogP contribution in [0.2, 0.25) is 0 Å². The van der Waals surface area contributed by atoms with Crippen molar-refractivity contribution in [3.63, 3.8) is 0 Å². The first-order valence-corrected chi connectivity index (χ1v) is 6.62. The minimum absolute atomic E-state index is 0.0592. The summed E-state index contributed by atoms with van der Waals surface area (Å²) in [4.78, 5) is 1.15. The summed E-state index contributed by atoms with van der Waals surface area (Å²) < 4.78 is 6.20. The first-order chi connectivity index (χ1) is 7.79. The molecule has 0 aliphatic carbocycles. The van der Waals surface area contributed by atoms with Crippen molar-refractivity contribution in [1.29, 1.82) is 0 Å². The molecule has 0 bridgehead atoms. The van der Waals surface area contributed by atoms with Gasteiger partial charge < -0.3 is 9.52 Å². The van der Waals surface area contributed by atoms with Gasteiger partial charge in [0.2, 0.25) is 0 Å². The van der Waals surface area contributed by atoms with E-state index in [0.29, 0.717) is 0 Å². The van der Waals surface area contributed by atoms with E-state index in [-0.39, 0.29) is 6.61 Å². The lowest BCUT2D eigenvalue weighted by molar-refractivity contribution is 0.281. The van der Waals surface area contributed by atoms with Gasteiger partial charge in [0, 0.05) is 9.37 Å². The molecule has 0 aliphatic rings. The van der Waals surface area contributed by atoms with Gasteiger partial charge >= 0.3 is 0 Å². The van der Waals surface area contributed by atoms with Crippen molar-refractivity contribution in [2.24, 2.45) is 0 Å². The lowest BCUT2D eigenvalue weighted by Crippen LogP contribution is -1.85. The smallest absolute Gasteiger partial charge is 0.113 e. The van der Waals surface area contributed by atoms with Crippen molar-refractivity contribution in [3.05, 3.63) is 52.4 Å². The van der Waals surface area contributed by atoms with Gasteiger partial charge in [0.05, 0.1) is 18.6 Å². The van der Waals surface area contributed by atoms with Crippen LogP contribution >= 0.6 is 27.7 Å². The molecule has 0 unspecified atom stereocenters. The van der Waals surface area contributed by atoms with Gasteiger partial charge in [-0.05, 0) is 29.8 Å². The van der Waals surface area contributed by atoms with Crippen LogP contribution in [0, 0.1) is 0 Å². The Bertz CT molecular complexity index is 454. The van der Waals surface area contributed by atoms with Crippen molar-refractivity contribution < 1.29 is 9.52 Å². The molecule has 0 atom stereocenters. The van der Waals surface area contributed by atoms with E-state index in [2.05, 4.69) is 15.9 Å². The standard InChI is InChI=1S/C12H11BrO2S/c13-12-6-11(4-3-9(12)7-14)16-8-10-2-1-5-15-10/h1-6,14H,7-8H2. The quantitative estimate of drug-likeness (QED) is 0.871. The van der Waals surface area contributed by atoms with Crippen molar-refractivity contribution in [1.82, 2.24) is 0 Å². The number of rotatable bonds is 4. The van der Waals surface area contributed by atoms with Gasteiger partial charge in [0.25, 0.3) is 0 Å². The van der Waals surface area contributed by atoms with Gasteiger partial charge in [-0.2, -0.15) is 0 Å². The Morgan fingerprint density at radius 3 is 2.81 bits per heavy atom. The average molecular weight is 299 g/mol. The fourth-order valence-electron chi connectivity index (χ4n) is 1.30. The summed E-state index contributed by atoms with van der Waals surface area (Å²) in [5, 5.41) is 9.04. The molecule has 1 heterocycles. The largest absolute Gasteiger partial charge is 0.468 e. The van der Waals surface area contributed by atoms with Crippen LogP contribution in [0.15, 0.2) is 50.4 Å². The van der Waals surface area contributed by atoms with Crippen molar-refractivity contribution in [3.8, 4) is 0 Å². The summed E-state index contributed by atoms with van der Waals surface area (Å²) >= 11 is 5.14. The van der Waals surface area contributed by atoms with E-state index < -0.39 is 0 Å². The summed E-state index contributed by atoms with van der Waals surface area (Å²) in [6.07, 6.45) is 1.68. The average Bonchev–Trinajstić information content (AvgIpc) is 2.79. The Balaban J connectivity index is 2.02. The third kappa shape index (κ3) is 2.90. The molecule has 0 fully saturated rings. The second-order valence-corrected chi connectivity index (χ2v) is 5.18. The number of hydrogen-bond acceptors (Lipinski definition) is 3. The fourth-order valence-corrected chi connectivity index (χ4v) is 2.79. The highest BCUT2D eigenvalue weighted by Crippen LogP contribution is 2.27. The molecular formula is C12H11BrO2S. The fraction of sp³-hybridized carbons (Fsp3) is 0.167. The summed E-state index contributed by atoms with van der Waals surface area (Å²) in [6, 6.07) is 9.79. The van der Waals surface area contributed by atoms with Crippen LogP contribution in [0.25, 0.3) is 0 Å². The van der Waals surface area contributed by atoms with Gasteiger partial charge in [-0.15, -0.1) is 11.8 Å². The van der Waals surface area contributed by atoms with Crippen molar-refractivity contribution in [2.75, 3.05) is 0 Å². The molecule has 1 N–H and O–H groups in total. The minimum atomic E-state index is 0.0592. The summed E-state index contributed by atoms with van der Waals surface area (Å²) in [7, 11) is 0. The summed E-state index contributed by atoms with van der Waals surface area (Å²) in [5.74, 6) is 1.78. The van der Waals surface area contributed by atoms with Crippen molar-refractivity contribution in [2.45, 2.75) is 17.3 Å². The molecule has 2 rings (SSSR count). The van der Waals surface area contributed by atoms with E-state index in [1.165, 1.54) is 0 Å². The first kappa shape index (κ1) is 11.8. The molecule has 1 aromatic carbocycles. The predicted molar refractivity (Wildman–Crippen MR) is 68.3 cm³/mol. The van der Waals surface area contributed by atoms with Gasteiger partial charge in [-0.25, -0.2) is 0 Å². The Labute approximate surface area is 107 Å². The van der Waals surface area contributed by atoms with E-state index in [1.54, 1.807) is 18.0 Å². The zero-order valence-corrected chi connectivity index (χ0v) is 10.9. The monoisotopic (exact) mass is 298 g/mol. The van der Waals surface area contributed by atoms with E-state index in [0.717, 1.165) is 26.4 Å². The minimum Gasteiger partial charge on any atom is -0.468 e. The molecule has 2 nitrogen and oxygen atoms in total. The van der Waals surface area contributed by atoms with Gasteiger partial charge in [-0.1, -0.05) is 22.0 Å². The Morgan fingerprint density at radius 2 is 2.19 bits per heavy atom. The number of halogens is 1. The number of hydrogen-bond donors (Lipinski definition) is 1. The summed E-state index contributed by atoms with van der Waals surface area (Å²) in [6.45, 7) is 0.0592. The molecule has 0 spiro atoms. The SMILES string of the molecule is OCc1ccc(SCc2ccco2)cc1Br. The topological polar surface area (TPSA) is 33.4 Å². The Morgan fingerprint density at radius 1 is 1.31 bits per heavy atom. The third-order valence-electron chi connectivity index (χ3n) is 2.16. The predicted octanol–water partition coefficient (Wildman–Crippen LogP) is 3.83. The second kappa shape index (κ2) is 5.57. The van der Waals surface area contributed by atoms with Gasteiger partial charge in [0.1, 0.15) is 5.76 Å². The lowest BCUT2D eigenvalue weighted by atomic mass is 10.2. The number of aliphatic hydroxyl groups excluding tert-OH is 1. The van der Waals surface area contributed by atoms with E-state index >= 15 is 0 Å². The van der Waals surface area contributed by atoms with Crippen LogP contribution in [0.1, 0.15) is 11.3 Å². The second-order valence-electron chi connectivity index (χ2n) is 3.28. The molecule has 16 heavy (non-hydrogen) atoms. The van der Waals surface area contributed by atoms with Gasteiger partial charge in [-0.3, -0.25) is 0 Å². The lowest BCUT2D eigenvalue weighted by Gasteiger charge is -2.04. The molecule has 84 valence electrons. The highest BCUT2D eigenvalue weighted by molar-refractivity contribution is 9.10. The number of aliphatic hydroxyl groups is 1. The van der Waals surface area contributed by atoms with Crippen molar-refractivity contribution >= 4 is 27.7 Å². The normalized spacial score (nSPS) is 10.6. The van der Waals surface area contributed by atoms with E-state index in [1.807, 2.05) is 30.3 Å². The van der Waals surface area contributed by atoms with Crippen LogP contribution in [0.3, 0.4) is 0 Å². The van der Waals surface area contributed by atoms with Crippen LogP contribution in [-0.2, 0) is 12.4 Å². The zero-order chi connectivity index (χ0) is 11.4. The van der Waals surface area contributed by atoms with E-state index in [9.17, 15) is 0 Å². The molecular weight excluding hydrogens is 288 g/mol. The molecule has 4 heteroatoms. The molecule has 0 saturated heterocycles. The van der Waals surface area contributed by atoms with Crippen LogP contribution in [0.4, 0.5) is 0 Å². The maximum Gasteiger partial charge on any atom is 0.113 e. The number of benzene rings is 1. The van der Waals surface area contributed by atoms with Gasteiger partial charge in [0.15, 0.2) is 0 Å². The molecule has 0 aliphatic heterocycles. The van der Waals surface area contributed by atoms with Crippen LogP contribution in [0.5, 0.6) is 0 Å². The highest BCUT2D eigenvalue weighted by atomic mass is 79.9. The molecule has 0 amide bonds. The molecule has 1 aromatic heterocycles. The maximum absolute atomic E-state index is 9.04. The van der Waals surface area contributed by atoms with E-state index in [4.69, 9.17) is 9.52 Å². The maximum atomic E-state index is 9.04. The molecule has 2 aromatic rings. The van der Waals surface area contributed by atoms with Crippen LogP contribution < -0.4 is 0 Å². The highest BCUT2D eigenvalue weighted by Gasteiger charge is 2.02.